The summed E-state index contributed by atoms with van der Waals surface area (Å²) in [5.74, 6) is 0.556. The molecule has 1 aromatic carbocycles. The van der Waals surface area contributed by atoms with Crippen molar-refractivity contribution < 1.29 is 20.1 Å². The molecule has 1 saturated heterocycles. The molecule has 1 aliphatic heterocycles. The van der Waals surface area contributed by atoms with Gasteiger partial charge in [-0.05, 0) is 12.5 Å². The van der Waals surface area contributed by atoms with Crippen molar-refractivity contribution in [2.24, 2.45) is 0 Å². The first-order valence-corrected chi connectivity index (χ1v) is 8.64. The van der Waals surface area contributed by atoms with Crippen molar-refractivity contribution in [2.75, 3.05) is 11.9 Å². The van der Waals surface area contributed by atoms with Crippen LogP contribution in [0.15, 0.2) is 43.0 Å². The van der Waals surface area contributed by atoms with Crippen LogP contribution in [0.2, 0.25) is 0 Å². The third-order valence-electron chi connectivity index (χ3n) is 4.93. The minimum Gasteiger partial charge on any atom is -0.394 e. The Morgan fingerprint density at radius 2 is 2.00 bits per heavy atom. The molecule has 0 bridgehead atoms. The Hall–Kier alpha value is -2.59. The van der Waals surface area contributed by atoms with Gasteiger partial charge >= 0.3 is 0 Å². The van der Waals surface area contributed by atoms with Crippen molar-refractivity contribution in [3.63, 3.8) is 0 Å². The van der Waals surface area contributed by atoms with E-state index in [2.05, 4.69) is 20.3 Å². The quantitative estimate of drug-likeness (QED) is 0.509. The summed E-state index contributed by atoms with van der Waals surface area (Å²) < 4.78 is 7.19. The monoisotopic (exact) mass is 371 g/mol. The van der Waals surface area contributed by atoms with Gasteiger partial charge in [-0.25, -0.2) is 15.0 Å². The number of anilines is 1. The number of rotatable bonds is 5. The van der Waals surface area contributed by atoms with Gasteiger partial charge in [0.2, 0.25) is 0 Å². The third kappa shape index (κ3) is 3.04. The molecule has 0 aliphatic carbocycles. The first-order chi connectivity index (χ1) is 13.0. The molecule has 4 N–H and O–H groups in total. The number of ether oxygens (including phenoxy) is 1. The van der Waals surface area contributed by atoms with E-state index in [1.54, 1.807) is 4.57 Å². The summed E-state index contributed by atoms with van der Waals surface area (Å²) in [5, 5.41) is 33.5. The number of aliphatic hydroxyl groups excluding tert-OH is 2. The number of aliphatic hydroxyl groups is 3. The lowest BCUT2D eigenvalue weighted by atomic mass is 9.95. The number of hydrogen-bond acceptors (Lipinski definition) is 8. The van der Waals surface area contributed by atoms with Crippen LogP contribution in [0.3, 0.4) is 0 Å². The van der Waals surface area contributed by atoms with Crippen LogP contribution in [0.5, 0.6) is 0 Å². The van der Waals surface area contributed by atoms with Gasteiger partial charge in [0.15, 0.2) is 23.2 Å². The predicted octanol–water partition coefficient (Wildman–Crippen LogP) is 0.440. The van der Waals surface area contributed by atoms with Crippen LogP contribution < -0.4 is 5.32 Å². The van der Waals surface area contributed by atoms with Gasteiger partial charge in [0.1, 0.15) is 24.1 Å². The van der Waals surface area contributed by atoms with E-state index >= 15 is 0 Å². The summed E-state index contributed by atoms with van der Waals surface area (Å²) in [5.41, 5.74) is 0.493. The van der Waals surface area contributed by atoms with E-state index in [0.29, 0.717) is 23.5 Å². The first kappa shape index (κ1) is 17.8. The molecule has 0 amide bonds. The zero-order valence-corrected chi connectivity index (χ0v) is 14.7. The average Bonchev–Trinajstić information content (AvgIpc) is 3.20. The number of nitrogens with one attached hydrogen (secondary N) is 1. The van der Waals surface area contributed by atoms with E-state index in [0.717, 1.165) is 5.56 Å². The number of nitrogens with zero attached hydrogens (tertiary/aromatic N) is 4. The van der Waals surface area contributed by atoms with Gasteiger partial charge in [-0.1, -0.05) is 30.3 Å². The predicted molar refractivity (Wildman–Crippen MR) is 96.7 cm³/mol. The highest BCUT2D eigenvalue weighted by molar-refractivity contribution is 5.82. The van der Waals surface area contributed by atoms with Gasteiger partial charge < -0.3 is 25.4 Å². The molecule has 27 heavy (non-hydrogen) atoms. The SMILES string of the molecule is C[C@@]1(O)[C@@H](CO)O[C@@H](n2cnc3c(NCc4ccccc4)ncnc32)[C@@H]1O. The van der Waals surface area contributed by atoms with Crippen LogP contribution >= 0.6 is 0 Å². The Labute approximate surface area is 155 Å². The van der Waals surface area contributed by atoms with E-state index in [1.165, 1.54) is 19.6 Å². The molecule has 9 heteroatoms. The fraction of sp³-hybridized carbons (Fsp3) is 0.389. The van der Waals surface area contributed by atoms with Crippen LogP contribution in [0.4, 0.5) is 5.82 Å². The molecule has 4 atom stereocenters. The topological polar surface area (TPSA) is 126 Å². The highest BCUT2D eigenvalue weighted by atomic mass is 16.6. The van der Waals surface area contributed by atoms with Gasteiger partial charge in [0, 0.05) is 6.54 Å². The summed E-state index contributed by atoms with van der Waals surface area (Å²) >= 11 is 0. The van der Waals surface area contributed by atoms with Crippen LogP contribution in [0.1, 0.15) is 18.7 Å². The number of imidazole rings is 1. The molecule has 0 saturated carbocycles. The molecule has 3 aromatic rings. The second-order valence-electron chi connectivity index (χ2n) is 6.75. The Bertz CT molecular complexity index is 930. The molecular weight excluding hydrogens is 350 g/mol. The van der Waals surface area contributed by atoms with E-state index in [4.69, 9.17) is 4.74 Å². The number of aromatic nitrogens is 4. The lowest BCUT2D eigenvalue weighted by Gasteiger charge is -2.25. The fourth-order valence-electron chi connectivity index (χ4n) is 3.25. The molecule has 9 nitrogen and oxygen atoms in total. The lowest BCUT2D eigenvalue weighted by Crippen LogP contribution is -2.46. The Balaban J connectivity index is 1.63. The van der Waals surface area contributed by atoms with Crippen molar-refractivity contribution in [3.05, 3.63) is 48.5 Å². The Kier molecular flexibility index (Phi) is 4.52. The number of fused-ring (bicyclic) bond motifs is 1. The maximum absolute atomic E-state index is 10.5. The summed E-state index contributed by atoms with van der Waals surface area (Å²) in [6.07, 6.45) is -0.192. The maximum Gasteiger partial charge on any atom is 0.167 e. The zero-order chi connectivity index (χ0) is 19.0. The van der Waals surface area contributed by atoms with E-state index in [-0.39, 0.29) is 0 Å². The molecule has 2 aromatic heterocycles. The minimum absolute atomic E-state index is 0.411. The van der Waals surface area contributed by atoms with Crippen molar-refractivity contribution in [1.29, 1.82) is 0 Å². The van der Waals surface area contributed by atoms with Crippen molar-refractivity contribution in [1.82, 2.24) is 19.5 Å². The summed E-state index contributed by atoms with van der Waals surface area (Å²) in [4.78, 5) is 12.8. The van der Waals surface area contributed by atoms with Gasteiger partial charge in [0.25, 0.3) is 0 Å². The maximum atomic E-state index is 10.5. The summed E-state index contributed by atoms with van der Waals surface area (Å²) in [6.45, 7) is 1.59. The van der Waals surface area contributed by atoms with Crippen molar-refractivity contribution in [2.45, 2.75) is 37.5 Å². The second kappa shape index (κ2) is 6.86. The van der Waals surface area contributed by atoms with E-state index < -0.39 is 30.6 Å². The van der Waals surface area contributed by atoms with Gasteiger partial charge in [0.05, 0.1) is 12.9 Å². The van der Waals surface area contributed by atoms with Crippen LogP contribution in [0, 0.1) is 0 Å². The average molecular weight is 371 g/mol. The Morgan fingerprint density at radius 3 is 2.70 bits per heavy atom. The normalized spacial score (nSPS) is 27.9. The zero-order valence-electron chi connectivity index (χ0n) is 14.7. The van der Waals surface area contributed by atoms with Crippen LogP contribution in [0.25, 0.3) is 11.2 Å². The number of hydrogen-bond donors (Lipinski definition) is 4. The van der Waals surface area contributed by atoms with Crippen LogP contribution in [-0.2, 0) is 11.3 Å². The highest BCUT2D eigenvalue weighted by Gasteiger charge is 2.52. The Morgan fingerprint density at radius 1 is 1.22 bits per heavy atom. The van der Waals surface area contributed by atoms with Crippen LogP contribution in [-0.4, -0.2) is 59.3 Å². The van der Waals surface area contributed by atoms with Gasteiger partial charge in [-0.15, -0.1) is 0 Å². The standard InChI is InChI=1S/C18H21N5O4/c1-18(26)12(8-24)27-17(14(18)25)23-10-22-13-15(20-9-21-16(13)23)19-7-11-5-3-2-4-6-11/h2-6,9-10,12,14,17,24-26H,7-8H2,1H3,(H,19,20,21)/t12-,14+,17-,18-/m1/s1. The molecule has 0 unspecified atom stereocenters. The van der Waals surface area contributed by atoms with Crippen molar-refractivity contribution in [3.8, 4) is 0 Å². The third-order valence-corrected chi connectivity index (χ3v) is 4.93. The highest BCUT2D eigenvalue weighted by Crippen LogP contribution is 2.38. The van der Waals surface area contributed by atoms with E-state index in [9.17, 15) is 15.3 Å². The molecule has 1 aliphatic rings. The minimum atomic E-state index is -1.59. The fourth-order valence-corrected chi connectivity index (χ4v) is 3.25. The summed E-state index contributed by atoms with van der Waals surface area (Å²) in [7, 11) is 0. The smallest absolute Gasteiger partial charge is 0.167 e. The molecule has 142 valence electrons. The molecular formula is C18H21N5O4. The van der Waals surface area contributed by atoms with Gasteiger partial charge in [-0.2, -0.15) is 0 Å². The molecule has 0 spiro atoms. The van der Waals surface area contributed by atoms with Crippen molar-refractivity contribution >= 4 is 17.0 Å². The summed E-state index contributed by atoms with van der Waals surface area (Å²) in [6, 6.07) is 9.89. The molecule has 4 rings (SSSR count). The van der Waals surface area contributed by atoms with E-state index in [1.807, 2.05) is 30.3 Å². The molecule has 1 fully saturated rings. The van der Waals surface area contributed by atoms with Gasteiger partial charge in [-0.3, -0.25) is 4.57 Å². The molecule has 0 radical (unpaired) electrons. The number of benzene rings is 1. The largest absolute Gasteiger partial charge is 0.394 e. The second-order valence-corrected chi connectivity index (χ2v) is 6.75. The molecule has 3 heterocycles. The lowest BCUT2D eigenvalue weighted by molar-refractivity contribution is -0.0804. The first-order valence-electron chi connectivity index (χ1n) is 8.64.